The molecule has 4 unspecified atom stereocenters. The van der Waals surface area contributed by atoms with Crippen molar-refractivity contribution in [2.24, 2.45) is 46.3 Å². The Bertz CT molecular complexity index is 571. The number of fused-ring (bicyclic) bond motifs is 5. The van der Waals surface area contributed by atoms with Crippen LogP contribution in [-0.4, -0.2) is 17.0 Å². The van der Waals surface area contributed by atoms with E-state index in [2.05, 4.69) is 20.8 Å². The molecule has 1 N–H and O–H groups in total. The van der Waals surface area contributed by atoms with Crippen LogP contribution in [0.4, 0.5) is 0 Å². The first-order valence-electron chi connectivity index (χ1n) is 11.9. The molecule has 27 heavy (non-hydrogen) atoms. The average molecular weight is 375 g/mol. The van der Waals surface area contributed by atoms with Crippen molar-refractivity contribution in [3.63, 3.8) is 0 Å². The smallest absolute Gasteiger partial charge is 0.129 e. The third-order valence-corrected chi connectivity index (χ3v) is 10.4. The summed E-state index contributed by atoms with van der Waals surface area (Å²) in [5.74, 6) is 5.36. The SMILES string of the molecule is CC(=O)CC[C@@H](C)[C@H]1CCC2C3CCC4C[C@H](O)CC[C@]4(C)C3CC[C@@]21C. The van der Waals surface area contributed by atoms with Gasteiger partial charge in [-0.1, -0.05) is 20.8 Å². The Morgan fingerprint density at radius 3 is 2.44 bits per heavy atom. The summed E-state index contributed by atoms with van der Waals surface area (Å²) in [6, 6.07) is 0. The van der Waals surface area contributed by atoms with Crippen LogP contribution in [0, 0.1) is 46.3 Å². The maximum Gasteiger partial charge on any atom is 0.129 e. The van der Waals surface area contributed by atoms with Crippen LogP contribution in [-0.2, 0) is 4.79 Å². The number of carbonyl (C=O) groups excluding carboxylic acids is 1. The van der Waals surface area contributed by atoms with Crippen molar-refractivity contribution >= 4 is 5.78 Å². The molecule has 154 valence electrons. The minimum Gasteiger partial charge on any atom is -0.393 e. The average Bonchev–Trinajstić information content (AvgIpc) is 2.97. The van der Waals surface area contributed by atoms with E-state index < -0.39 is 0 Å². The van der Waals surface area contributed by atoms with E-state index in [9.17, 15) is 9.90 Å². The zero-order chi connectivity index (χ0) is 19.4. The summed E-state index contributed by atoms with van der Waals surface area (Å²) in [5, 5.41) is 10.2. The van der Waals surface area contributed by atoms with Crippen molar-refractivity contribution in [2.75, 3.05) is 0 Å². The van der Waals surface area contributed by atoms with Crippen LogP contribution in [0.2, 0.25) is 0 Å². The van der Waals surface area contributed by atoms with Gasteiger partial charge in [0, 0.05) is 6.42 Å². The van der Waals surface area contributed by atoms with E-state index >= 15 is 0 Å². The molecule has 0 aromatic rings. The fourth-order valence-electron chi connectivity index (χ4n) is 8.84. The number of hydrogen-bond donors (Lipinski definition) is 1. The zero-order valence-electron chi connectivity index (χ0n) is 18.2. The highest BCUT2D eigenvalue weighted by atomic mass is 16.3. The summed E-state index contributed by atoms with van der Waals surface area (Å²) in [5.41, 5.74) is 0.997. The fourth-order valence-corrected chi connectivity index (χ4v) is 8.84. The number of rotatable bonds is 4. The number of aliphatic hydroxyl groups excluding tert-OH is 1. The maximum atomic E-state index is 11.5. The summed E-state index contributed by atoms with van der Waals surface area (Å²) in [6.07, 6.45) is 13.6. The quantitative estimate of drug-likeness (QED) is 0.654. The van der Waals surface area contributed by atoms with Gasteiger partial charge in [0.25, 0.3) is 0 Å². The molecule has 9 atom stereocenters. The van der Waals surface area contributed by atoms with Crippen molar-refractivity contribution in [3.8, 4) is 0 Å². The monoisotopic (exact) mass is 374 g/mol. The van der Waals surface area contributed by atoms with E-state index in [-0.39, 0.29) is 6.10 Å². The lowest BCUT2D eigenvalue weighted by Crippen LogP contribution is -2.54. The maximum absolute atomic E-state index is 11.5. The van der Waals surface area contributed by atoms with E-state index in [1.807, 2.05) is 0 Å². The van der Waals surface area contributed by atoms with Gasteiger partial charge in [-0.25, -0.2) is 0 Å². The van der Waals surface area contributed by atoms with Gasteiger partial charge in [0.05, 0.1) is 6.10 Å². The van der Waals surface area contributed by atoms with Gasteiger partial charge in [-0.15, -0.1) is 0 Å². The molecule has 0 aliphatic heterocycles. The topological polar surface area (TPSA) is 37.3 Å². The van der Waals surface area contributed by atoms with Crippen molar-refractivity contribution in [2.45, 2.75) is 104 Å². The van der Waals surface area contributed by atoms with Gasteiger partial charge in [-0.3, -0.25) is 0 Å². The highest BCUT2D eigenvalue weighted by Crippen LogP contribution is 2.68. The van der Waals surface area contributed by atoms with E-state index in [1.165, 1.54) is 44.9 Å². The third-order valence-electron chi connectivity index (χ3n) is 10.4. The molecule has 4 fully saturated rings. The second-order valence-corrected chi connectivity index (χ2v) is 11.5. The minimum absolute atomic E-state index is 0.0357. The molecule has 0 aromatic carbocycles. The lowest BCUT2D eigenvalue weighted by molar-refractivity contribution is -0.129. The lowest BCUT2D eigenvalue weighted by Gasteiger charge is -2.61. The Morgan fingerprint density at radius 1 is 1.00 bits per heavy atom. The van der Waals surface area contributed by atoms with Crippen LogP contribution >= 0.6 is 0 Å². The molecule has 2 heteroatoms. The Kier molecular flexibility index (Phi) is 5.28. The first-order valence-corrected chi connectivity index (χ1v) is 11.9. The van der Waals surface area contributed by atoms with Gasteiger partial charge in [-0.2, -0.15) is 0 Å². The molecule has 0 radical (unpaired) electrons. The van der Waals surface area contributed by atoms with Crippen molar-refractivity contribution in [3.05, 3.63) is 0 Å². The van der Waals surface area contributed by atoms with Crippen molar-refractivity contribution in [1.29, 1.82) is 0 Å². The Labute approximate surface area is 166 Å². The van der Waals surface area contributed by atoms with Gasteiger partial charge in [0.2, 0.25) is 0 Å². The molecular formula is C25H42O2. The molecule has 0 aromatic heterocycles. The second-order valence-electron chi connectivity index (χ2n) is 11.5. The number of carbonyl (C=O) groups is 1. The molecule has 4 rings (SSSR count). The molecule has 0 heterocycles. The van der Waals surface area contributed by atoms with Crippen LogP contribution in [0.3, 0.4) is 0 Å². The summed E-state index contributed by atoms with van der Waals surface area (Å²) >= 11 is 0. The number of aliphatic hydroxyl groups is 1. The molecular weight excluding hydrogens is 332 g/mol. The first kappa shape index (κ1) is 19.9. The number of Topliss-reactive ketones (excluding diaryl/α,β-unsaturated/α-hetero) is 1. The normalized spacial score (nSPS) is 50.4. The Morgan fingerprint density at radius 2 is 1.70 bits per heavy atom. The summed E-state index contributed by atoms with van der Waals surface area (Å²) in [6.45, 7) is 9.38. The van der Waals surface area contributed by atoms with E-state index in [0.717, 1.165) is 55.3 Å². The number of hydrogen-bond acceptors (Lipinski definition) is 2. The Hall–Kier alpha value is -0.370. The highest BCUT2D eigenvalue weighted by molar-refractivity contribution is 5.75. The van der Waals surface area contributed by atoms with Crippen LogP contribution in [0.5, 0.6) is 0 Å². The molecule has 4 aliphatic rings. The van der Waals surface area contributed by atoms with Crippen LogP contribution in [0.15, 0.2) is 0 Å². The summed E-state index contributed by atoms with van der Waals surface area (Å²) in [7, 11) is 0. The van der Waals surface area contributed by atoms with Crippen LogP contribution < -0.4 is 0 Å². The lowest BCUT2D eigenvalue weighted by atomic mass is 9.44. The first-order chi connectivity index (χ1) is 12.8. The summed E-state index contributed by atoms with van der Waals surface area (Å²) in [4.78, 5) is 11.5. The van der Waals surface area contributed by atoms with Crippen LogP contribution in [0.1, 0.15) is 98.3 Å². The third kappa shape index (κ3) is 3.22. The zero-order valence-corrected chi connectivity index (χ0v) is 18.2. The predicted molar refractivity (Wildman–Crippen MR) is 110 cm³/mol. The molecule has 0 spiro atoms. The molecule has 0 saturated heterocycles. The van der Waals surface area contributed by atoms with Crippen LogP contribution in [0.25, 0.3) is 0 Å². The van der Waals surface area contributed by atoms with Gasteiger partial charge in [-0.05, 0) is 117 Å². The van der Waals surface area contributed by atoms with Gasteiger partial charge >= 0.3 is 0 Å². The Balaban J connectivity index is 1.51. The van der Waals surface area contributed by atoms with E-state index in [1.54, 1.807) is 6.92 Å². The molecule has 4 aliphatic carbocycles. The van der Waals surface area contributed by atoms with E-state index in [4.69, 9.17) is 0 Å². The molecule has 4 saturated carbocycles. The van der Waals surface area contributed by atoms with Gasteiger partial charge < -0.3 is 9.90 Å². The highest BCUT2D eigenvalue weighted by Gasteiger charge is 2.60. The standard InChI is InChI=1S/C25H42O2/c1-16(5-6-17(2)26)21-9-10-22-20-8-7-18-15-19(27)11-13-24(18,3)23(20)12-14-25(21,22)4/h16,18-23,27H,5-15H2,1-4H3/t16-,18?,19-,20?,21-,22?,23?,24+,25-/m1/s1. The minimum atomic E-state index is -0.0357. The van der Waals surface area contributed by atoms with Crippen molar-refractivity contribution in [1.82, 2.24) is 0 Å². The molecule has 0 amide bonds. The molecule has 0 bridgehead atoms. The fraction of sp³-hybridized carbons (Fsp3) is 0.960. The largest absolute Gasteiger partial charge is 0.393 e. The number of ketones is 1. The summed E-state index contributed by atoms with van der Waals surface area (Å²) < 4.78 is 0. The van der Waals surface area contributed by atoms with Crippen molar-refractivity contribution < 1.29 is 9.90 Å². The predicted octanol–water partition coefficient (Wildman–Crippen LogP) is 6.01. The molecule has 2 nitrogen and oxygen atoms in total. The van der Waals surface area contributed by atoms with E-state index in [0.29, 0.717) is 22.5 Å². The second kappa shape index (κ2) is 7.15. The van der Waals surface area contributed by atoms with Gasteiger partial charge in [0.1, 0.15) is 5.78 Å². The van der Waals surface area contributed by atoms with Gasteiger partial charge in [0.15, 0.2) is 0 Å².